The fourth-order valence-corrected chi connectivity index (χ4v) is 5.21. The van der Waals surface area contributed by atoms with Gasteiger partial charge >= 0.3 is 6.18 Å². The van der Waals surface area contributed by atoms with Gasteiger partial charge in [-0.1, -0.05) is 6.07 Å². The third-order valence-electron chi connectivity index (χ3n) is 7.42. The fourth-order valence-electron chi connectivity index (χ4n) is 5.21. The van der Waals surface area contributed by atoms with E-state index in [-0.39, 0.29) is 30.3 Å². The van der Waals surface area contributed by atoms with Crippen LogP contribution in [0.15, 0.2) is 40.8 Å². The van der Waals surface area contributed by atoms with Gasteiger partial charge in [0.25, 0.3) is 11.7 Å². The van der Waals surface area contributed by atoms with Crippen LogP contribution in [0.2, 0.25) is 0 Å². The number of carbonyl (C=O) groups excluding carboxylic acids is 1. The van der Waals surface area contributed by atoms with Crippen molar-refractivity contribution in [3.63, 3.8) is 0 Å². The molecule has 1 aliphatic carbocycles. The predicted octanol–water partition coefficient (Wildman–Crippen LogP) is 5.15. The van der Waals surface area contributed by atoms with Gasteiger partial charge in [0.2, 0.25) is 5.91 Å². The van der Waals surface area contributed by atoms with Gasteiger partial charge in [-0.2, -0.15) is 18.2 Å². The molecule has 0 atom stereocenters. The van der Waals surface area contributed by atoms with E-state index in [1.165, 1.54) is 6.07 Å². The summed E-state index contributed by atoms with van der Waals surface area (Å²) in [4.78, 5) is 31.0. The molecular weight excluding hydrogens is 531 g/mol. The molecule has 0 bridgehead atoms. The molecule has 1 saturated heterocycles. The van der Waals surface area contributed by atoms with Crippen LogP contribution in [-0.4, -0.2) is 65.6 Å². The summed E-state index contributed by atoms with van der Waals surface area (Å²) in [6, 6.07) is 9.26. The summed E-state index contributed by atoms with van der Waals surface area (Å²) in [6.07, 6.45) is -2.37. The van der Waals surface area contributed by atoms with Crippen molar-refractivity contribution < 1.29 is 32.0 Å². The molecular formula is C27H30F3N5O5. The number of fused-ring (bicyclic) bond motifs is 1. The highest BCUT2D eigenvalue weighted by Gasteiger charge is 2.38. The standard InChI is InChI=1S/C27H30F3N5O5/c1-17-2-9-24-22(14-17)32-26(40-24)34-12-10-33(11-13-34)25(36)16-39-20-6-3-18(4-7-20)31-19-5-8-23(35(37)38)21(15-19)27(28,29)30/h2,5,8-9,14-15,18,20,31H,3-4,6-7,10-13,16H2,1H3. The summed E-state index contributed by atoms with van der Waals surface area (Å²) in [5.41, 5.74) is 0.591. The molecule has 40 heavy (non-hydrogen) atoms. The van der Waals surface area contributed by atoms with Crippen molar-refractivity contribution >= 4 is 34.4 Å². The first kappa shape index (κ1) is 27.7. The van der Waals surface area contributed by atoms with E-state index in [1.807, 2.05) is 30.0 Å². The SMILES string of the molecule is Cc1ccc2oc(N3CCN(C(=O)COC4CCC(Nc5ccc([N+](=O)[O-])c(C(F)(F)F)c5)CC4)CC3)nc2c1. The van der Waals surface area contributed by atoms with Gasteiger partial charge in [0, 0.05) is 44.0 Å². The second-order valence-corrected chi connectivity index (χ2v) is 10.3. The van der Waals surface area contributed by atoms with Gasteiger partial charge in [-0.15, -0.1) is 0 Å². The van der Waals surface area contributed by atoms with Crippen molar-refractivity contribution in [2.45, 2.75) is 50.9 Å². The number of rotatable bonds is 7. The van der Waals surface area contributed by atoms with Crippen LogP contribution in [0.4, 0.5) is 30.6 Å². The van der Waals surface area contributed by atoms with Crippen molar-refractivity contribution in [1.82, 2.24) is 9.88 Å². The number of aromatic nitrogens is 1. The van der Waals surface area contributed by atoms with E-state index in [2.05, 4.69) is 10.3 Å². The quantitative estimate of drug-likeness (QED) is 0.311. The number of ether oxygens (including phenoxy) is 1. The molecule has 1 aliphatic heterocycles. The lowest BCUT2D eigenvalue weighted by Crippen LogP contribution is -2.50. The summed E-state index contributed by atoms with van der Waals surface area (Å²) < 4.78 is 51.5. The minimum atomic E-state index is -4.83. The maximum absolute atomic E-state index is 13.3. The molecule has 2 aromatic carbocycles. The molecule has 2 fully saturated rings. The Hall–Kier alpha value is -3.87. The number of nitro benzene ring substituents is 1. The Balaban J connectivity index is 1.05. The number of aryl methyl sites for hydroxylation is 1. The molecule has 3 aromatic rings. The number of nitro groups is 1. The zero-order valence-corrected chi connectivity index (χ0v) is 21.9. The molecule has 1 N–H and O–H groups in total. The molecule has 0 spiro atoms. The van der Waals surface area contributed by atoms with Gasteiger partial charge < -0.3 is 24.3 Å². The zero-order valence-electron chi connectivity index (χ0n) is 21.9. The smallest absolute Gasteiger partial charge is 0.423 e. The number of nitrogens with one attached hydrogen (secondary N) is 1. The largest absolute Gasteiger partial charge is 0.423 e. The molecule has 1 amide bonds. The minimum absolute atomic E-state index is 0.0256. The predicted molar refractivity (Wildman–Crippen MR) is 141 cm³/mol. The van der Waals surface area contributed by atoms with Crippen LogP contribution < -0.4 is 10.2 Å². The maximum Gasteiger partial charge on any atom is 0.423 e. The highest BCUT2D eigenvalue weighted by Crippen LogP contribution is 2.38. The average molecular weight is 562 g/mol. The Morgan fingerprint density at radius 3 is 2.52 bits per heavy atom. The Morgan fingerprint density at radius 1 is 1.12 bits per heavy atom. The third-order valence-corrected chi connectivity index (χ3v) is 7.42. The Bertz CT molecular complexity index is 1380. The highest BCUT2D eigenvalue weighted by atomic mass is 19.4. The Labute approximate surface area is 228 Å². The number of anilines is 2. The number of carbonyl (C=O) groups is 1. The average Bonchev–Trinajstić information content (AvgIpc) is 3.35. The number of halogens is 3. The van der Waals surface area contributed by atoms with Gasteiger partial charge in [-0.3, -0.25) is 14.9 Å². The first-order valence-electron chi connectivity index (χ1n) is 13.2. The number of hydrogen-bond acceptors (Lipinski definition) is 8. The second-order valence-electron chi connectivity index (χ2n) is 10.3. The molecule has 0 radical (unpaired) electrons. The maximum atomic E-state index is 13.3. The van der Waals surface area contributed by atoms with Gasteiger partial charge in [-0.25, -0.2) is 0 Å². The Morgan fingerprint density at radius 2 is 1.85 bits per heavy atom. The van der Waals surface area contributed by atoms with Crippen molar-refractivity contribution in [3.05, 3.63) is 57.6 Å². The number of benzene rings is 2. The molecule has 214 valence electrons. The van der Waals surface area contributed by atoms with Gasteiger partial charge in [-0.05, 0) is 62.4 Å². The van der Waals surface area contributed by atoms with E-state index < -0.39 is 22.4 Å². The lowest BCUT2D eigenvalue weighted by molar-refractivity contribution is -0.388. The number of amides is 1. The van der Waals surface area contributed by atoms with Crippen LogP contribution >= 0.6 is 0 Å². The van der Waals surface area contributed by atoms with Crippen LogP contribution in [-0.2, 0) is 15.7 Å². The fraction of sp³-hybridized carbons (Fsp3) is 0.481. The van der Waals surface area contributed by atoms with Crippen molar-refractivity contribution in [1.29, 1.82) is 0 Å². The highest BCUT2D eigenvalue weighted by molar-refractivity contribution is 5.78. The van der Waals surface area contributed by atoms with Crippen LogP contribution in [0.1, 0.15) is 36.8 Å². The van der Waals surface area contributed by atoms with Gasteiger partial charge in [0.05, 0.1) is 11.0 Å². The summed E-state index contributed by atoms with van der Waals surface area (Å²) in [5, 5.41) is 14.0. The van der Waals surface area contributed by atoms with Crippen molar-refractivity contribution in [2.75, 3.05) is 43.0 Å². The molecule has 2 heterocycles. The third kappa shape index (κ3) is 6.30. The number of oxazole rings is 1. The molecule has 10 nitrogen and oxygen atoms in total. The molecule has 1 saturated carbocycles. The van der Waals surface area contributed by atoms with Crippen molar-refractivity contribution in [3.8, 4) is 0 Å². The zero-order chi connectivity index (χ0) is 28.4. The lowest BCUT2D eigenvalue weighted by atomic mass is 9.92. The van der Waals surface area contributed by atoms with Crippen LogP contribution in [0.5, 0.6) is 0 Å². The van der Waals surface area contributed by atoms with E-state index in [1.54, 1.807) is 4.90 Å². The van der Waals surface area contributed by atoms with Crippen LogP contribution in [0.3, 0.4) is 0 Å². The van der Waals surface area contributed by atoms with E-state index in [9.17, 15) is 28.1 Å². The molecule has 2 aliphatic rings. The van der Waals surface area contributed by atoms with Gasteiger partial charge in [0.1, 0.15) is 17.7 Å². The summed E-state index contributed by atoms with van der Waals surface area (Å²) in [7, 11) is 0. The monoisotopic (exact) mass is 561 g/mol. The minimum Gasteiger partial charge on any atom is -0.423 e. The molecule has 1 aromatic heterocycles. The lowest BCUT2D eigenvalue weighted by Gasteiger charge is -2.34. The summed E-state index contributed by atoms with van der Waals surface area (Å²) in [5.74, 6) is -0.0846. The first-order valence-corrected chi connectivity index (χ1v) is 13.2. The number of piperazine rings is 1. The summed E-state index contributed by atoms with van der Waals surface area (Å²) in [6.45, 7) is 4.25. The molecule has 5 rings (SSSR count). The number of alkyl halides is 3. The topological polar surface area (TPSA) is 114 Å². The van der Waals surface area contributed by atoms with Crippen molar-refractivity contribution in [2.24, 2.45) is 0 Å². The normalized spacial score (nSPS) is 20.1. The van der Waals surface area contributed by atoms with E-state index in [4.69, 9.17) is 9.15 Å². The van der Waals surface area contributed by atoms with Gasteiger partial charge in [0.15, 0.2) is 5.58 Å². The molecule has 0 unspecified atom stereocenters. The number of hydrogen-bond donors (Lipinski definition) is 1. The number of nitrogens with zero attached hydrogens (tertiary/aromatic N) is 4. The van der Waals surface area contributed by atoms with E-state index >= 15 is 0 Å². The van der Waals surface area contributed by atoms with E-state index in [0.717, 1.165) is 28.8 Å². The Kier molecular flexibility index (Phi) is 7.83. The molecule has 13 heteroatoms. The summed E-state index contributed by atoms with van der Waals surface area (Å²) >= 11 is 0. The first-order chi connectivity index (χ1) is 19.1. The van der Waals surface area contributed by atoms with E-state index in [0.29, 0.717) is 57.9 Å². The van der Waals surface area contributed by atoms with Crippen LogP contribution in [0.25, 0.3) is 11.1 Å². The van der Waals surface area contributed by atoms with Crippen LogP contribution in [0, 0.1) is 17.0 Å². The second kappa shape index (κ2) is 11.3.